The number of halogens is 1. The maximum atomic E-state index is 11.8. The molecule has 0 unspecified atom stereocenters. The summed E-state index contributed by atoms with van der Waals surface area (Å²) in [4.78, 5) is 16.0. The highest BCUT2D eigenvalue weighted by Gasteiger charge is 2.02. The molecule has 3 rings (SSSR count). The number of benzene rings is 1. The van der Waals surface area contributed by atoms with Crippen molar-refractivity contribution in [2.45, 2.75) is 6.54 Å². The van der Waals surface area contributed by atoms with Crippen molar-refractivity contribution in [2.75, 3.05) is 5.32 Å². The van der Waals surface area contributed by atoms with Gasteiger partial charge in [0, 0.05) is 35.3 Å². The number of hydrogen-bond acceptors (Lipinski definition) is 2. The van der Waals surface area contributed by atoms with Gasteiger partial charge in [0.2, 0.25) is 0 Å². The van der Waals surface area contributed by atoms with Crippen LogP contribution in [0.25, 0.3) is 5.65 Å². The van der Waals surface area contributed by atoms with E-state index in [0.29, 0.717) is 6.54 Å². The van der Waals surface area contributed by atoms with Crippen LogP contribution in [-0.2, 0) is 6.54 Å². The topological polar surface area (TPSA) is 58.4 Å². The fourth-order valence-electron chi connectivity index (χ4n) is 1.95. The minimum absolute atomic E-state index is 0.236. The molecule has 0 fully saturated rings. The van der Waals surface area contributed by atoms with Crippen LogP contribution in [-0.4, -0.2) is 15.4 Å². The highest BCUT2D eigenvalue weighted by molar-refractivity contribution is 9.10. The first-order valence-corrected chi connectivity index (χ1v) is 7.22. The molecule has 0 bridgehead atoms. The summed E-state index contributed by atoms with van der Waals surface area (Å²) in [6, 6.07) is 11.1. The standard InChI is InChI=1S/C15H13BrN4O/c16-12-1-3-13(4-2-12)19-15(21)18-10-11-5-7-20-8-6-17-14(20)9-11/h1-9H,10H2,(H2,18,19,21). The molecule has 0 spiro atoms. The molecule has 5 nitrogen and oxygen atoms in total. The lowest BCUT2D eigenvalue weighted by molar-refractivity contribution is 0.251. The molecule has 0 radical (unpaired) electrons. The summed E-state index contributed by atoms with van der Waals surface area (Å²) in [5, 5.41) is 5.60. The van der Waals surface area contributed by atoms with E-state index in [1.807, 2.05) is 53.2 Å². The van der Waals surface area contributed by atoms with Gasteiger partial charge >= 0.3 is 6.03 Å². The van der Waals surface area contributed by atoms with Gasteiger partial charge in [0.25, 0.3) is 0 Å². The smallest absolute Gasteiger partial charge is 0.319 e. The van der Waals surface area contributed by atoms with E-state index in [9.17, 15) is 4.79 Å². The van der Waals surface area contributed by atoms with Crippen LogP contribution in [0.15, 0.2) is 59.5 Å². The number of fused-ring (bicyclic) bond motifs is 1. The summed E-state index contributed by atoms with van der Waals surface area (Å²) < 4.78 is 2.90. The first-order chi connectivity index (χ1) is 10.2. The Morgan fingerprint density at radius 2 is 2.00 bits per heavy atom. The molecule has 0 aliphatic rings. The zero-order valence-electron chi connectivity index (χ0n) is 11.1. The Balaban J connectivity index is 1.58. The van der Waals surface area contributed by atoms with E-state index >= 15 is 0 Å². The summed E-state index contributed by atoms with van der Waals surface area (Å²) in [5.41, 5.74) is 2.61. The van der Waals surface area contributed by atoms with E-state index in [2.05, 4.69) is 31.5 Å². The Morgan fingerprint density at radius 1 is 1.19 bits per heavy atom. The van der Waals surface area contributed by atoms with Crippen LogP contribution in [0.4, 0.5) is 10.5 Å². The zero-order valence-corrected chi connectivity index (χ0v) is 12.7. The first kappa shape index (κ1) is 13.6. The molecule has 2 amide bonds. The molecule has 1 aromatic carbocycles. The summed E-state index contributed by atoms with van der Waals surface area (Å²) in [7, 11) is 0. The highest BCUT2D eigenvalue weighted by atomic mass is 79.9. The van der Waals surface area contributed by atoms with E-state index in [-0.39, 0.29) is 6.03 Å². The monoisotopic (exact) mass is 344 g/mol. The van der Waals surface area contributed by atoms with Crippen molar-refractivity contribution in [3.63, 3.8) is 0 Å². The van der Waals surface area contributed by atoms with E-state index < -0.39 is 0 Å². The molecule has 0 saturated heterocycles. The predicted molar refractivity (Wildman–Crippen MR) is 85.2 cm³/mol. The Kier molecular flexibility index (Phi) is 3.87. The van der Waals surface area contributed by atoms with Crippen molar-refractivity contribution < 1.29 is 4.79 Å². The van der Waals surface area contributed by atoms with Crippen molar-refractivity contribution in [1.29, 1.82) is 0 Å². The van der Waals surface area contributed by atoms with Gasteiger partial charge in [0.05, 0.1) is 0 Å². The van der Waals surface area contributed by atoms with Gasteiger partial charge in [-0.15, -0.1) is 0 Å². The Bertz CT molecular complexity index is 767. The van der Waals surface area contributed by atoms with Gasteiger partial charge in [-0.05, 0) is 42.0 Å². The van der Waals surface area contributed by atoms with Gasteiger partial charge in [0.15, 0.2) is 0 Å². The van der Waals surface area contributed by atoms with Crippen LogP contribution in [0.2, 0.25) is 0 Å². The average Bonchev–Trinajstić information content (AvgIpc) is 2.95. The summed E-state index contributed by atoms with van der Waals surface area (Å²) in [6.07, 6.45) is 5.55. The number of pyridine rings is 1. The number of rotatable bonds is 3. The molecule has 0 saturated carbocycles. The second kappa shape index (κ2) is 5.97. The maximum absolute atomic E-state index is 11.8. The Morgan fingerprint density at radius 3 is 2.81 bits per heavy atom. The number of anilines is 1. The minimum atomic E-state index is -0.236. The second-order valence-corrected chi connectivity index (χ2v) is 5.46. The predicted octanol–water partition coefficient (Wildman–Crippen LogP) is 3.42. The fraction of sp³-hybridized carbons (Fsp3) is 0.0667. The molecule has 6 heteroatoms. The maximum Gasteiger partial charge on any atom is 0.319 e. The number of nitrogens with zero attached hydrogens (tertiary/aromatic N) is 2. The lowest BCUT2D eigenvalue weighted by Crippen LogP contribution is -2.28. The molecular weight excluding hydrogens is 332 g/mol. The number of imidazole rings is 1. The van der Waals surface area contributed by atoms with E-state index in [1.165, 1.54) is 0 Å². The third kappa shape index (κ3) is 3.41. The molecule has 2 aromatic heterocycles. The average molecular weight is 345 g/mol. The molecule has 3 aromatic rings. The second-order valence-electron chi connectivity index (χ2n) is 4.54. The fourth-order valence-corrected chi connectivity index (χ4v) is 2.22. The Hall–Kier alpha value is -2.34. The van der Waals surface area contributed by atoms with Gasteiger partial charge < -0.3 is 15.0 Å². The molecule has 106 valence electrons. The van der Waals surface area contributed by atoms with Crippen molar-refractivity contribution in [3.8, 4) is 0 Å². The van der Waals surface area contributed by atoms with Crippen molar-refractivity contribution in [3.05, 3.63) is 65.0 Å². The molecule has 0 aliphatic carbocycles. The van der Waals surface area contributed by atoms with Crippen LogP contribution in [0.1, 0.15) is 5.56 Å². The van der Waals surface area contributed by atoms with Gasteiger partial charge in [-0.2, -0.15) is 0 Å². The number of nitrogens with one attached hydrogen (secondary N) is 2. The normalized spacial score (nSPS) is 10.5. The van der Waals surface area contributed by atoms with Gasteiger partial charge in [-0.25, -0.2) is 9.78 Å². The van der Waals surface area contributed by atoms with Crippen LogP contribution < -0.4 is 10.6 Å². The van der Waals surface area contributed by atoms with Gasteiger partial charge in [0.1, 0.15) is 5.65 Å². The van der Waals surface area contributed by atoms with E-state index in [4.69, 9.17) is 0 Å². The van der Waals surface area contributed by atoms with Crippen LogP contribution >= 0.6 is 15.9 Å². The lowest BCUT2D eigenvalue weighted by atomic mass is 10.2. The molecule has 2 heterocycles. The number of carbonyl (C=O) groups excluding carboxylic acids is 1. The highest BCUT2D eigenvalue weighted by Crippen LogP contribution is 2.14. The third-order valence-electron chi connectivity index (χ3n) is 3.02. The zero-order chi connectivity index (χ0) is 14.7. The van der Waals surface area contributed by atoms with E-state index in [0.717, 1.165) is 21.4 Å². The van der Waals surface area contributed by atoms with Crippen LogP contribution in [0, 0.1) is 0 Å². The van der Waals surface area contributed by atoms with Gasteiger partial charge in [-0.1, -0.05) is 15.9 Å². The molecule has 21 heavy (non-hydrogen) atoms. The number of hydrogen-bond donors (Lipinski definition) is 2. The number of carbonyl (C=O) groups is 1. The number of aromatic nitrogens is 2. The molecule has 0 atom stereocenters. The Labute approximate surface area is 130 Å². The van der Waals surface area contributed by atoms with Crippen molar-refractivity contribution in [2.24, 2.45) is 0 Å². The largest absolute Gasteiger partial charge is 0.334 e. The summed E-state index contributed by atoms with van der Waals surface area (Å²) >= 11 is 3.35. The van der Waals surface area contributed by atoms with Crippen molar-refractivity contribution >= 4 is 33.3 Å². The van der Waals surface area contributed by atoms with Crippen molar-refractivity contribution in [1.82, 2.24) is 14.7 Å². The lowest BCUT2D eigenvalue weighted by Gasteiger charge is -2.08. The number of amides is 2. The molecular formula is C15H13BrN4O. The summed E-state index contributed by atoms with van der Waals surface area (Å²) in [6.45, 7) is 0.450. The molecule has 2 N–H and O–H groups in total. The van der Waals surface area contributed by atoms with E-state index in [1.54, 1.807) is 6.20 Å². The SMILES string of the molecule is O=C(NCc1ccn2ccnc2c1)Nc1ccc(Br)cc1. The quantitative estimate of drug-likeness (QED) is 0.764. The van der Waals surface area contributed by atoms with Crippen LogP contribution in [0.3, 0.4) is 0 Å². The molecule has 0 aliphatic heterocycles. The summed E-state index contributed by atoms with van der Waals surface area (Å²) in [5.74, 6) is 0. The third-order valence-corrected chi connectivity index (χ3v) is 3.55. The minimum Gasteiger partial charge on any atom is -0.334 e. The number of urea groups is 1. The van der Waals surface area contributed by atoms with Crippen LogP contribution in [0.5, 0.6) is 0 Å². The first-order valence-electron chi connectivity index (χ1n) is 6.43. The van der Waals surface area contributed by atoms with Gasteiger partial charge in [-0.3, -0.25) is 0 Å².